The fourth-order valence-corrected chi connectivity index (χ4v) is 12.3. The van der Waals surface area contributed by atoms with Crippen LogP contribution in [-0.2, 0) is 5.41 Å². The molecule has 0 spiro atoms. The molecule has 14 rings (SSSR count). The molecule has 0 atom stereocenters. The van der Waals surface area contributed by atoms with E-state index in [-0.39, 0.29) is 0 Å². The Morgan fingerprint density at radius 2 is 0.890 bits per heavy atom. The molecule has 0 unspecified atom stereocenters. The maximum Gasteiger partial charge on any atom is 0.0714 e. The van der Waals surface area contributed by atoms with Crippen LogP contribution in [-0.4, -0.2) is 4.57 Å². The Labute approximate surface area is 426 Å². The largest absolute Gasteiger partial charge is 0.310 e. The molecule has 13 aromatic rings. The normalized spacial score (nSPS) is 12.6. The Morgan fingerprint density at radius 3 is 1.59 bits per heavy atom. The molecule has 0 aliphatic heterocycles. The summed E-state index contributed by atoms with van der Waals surface area (Å²) in [5.41, 5.74) is 21.2. The predicted molar refractivity (Wildman–Crippen MR) is 308 cm³/mol. The summed E-state index contributed by atoms with van der Waals surface area (Å²) >= 11 is 0. The molecule has 344 valence electrons. The fraction of sp³-hybridized carbons (Fsp3) is 0.0423. The van der Waals surface area contributed by atoms with Gasteiger partial charge in [0.1, 0.15) is 0 Å². The SMILES string of the molecule is Cc1ccc(N(c2ccc(C)cc2)c2cccc(-c3ccccc3-c3cc4c(c5ccccc35)c3c5ccccc5ccc3n4-c3ccc4c(c3)C(c3ccccc3)(c3ccccc3)c3ccccc3-4)c2)cc1. The van der Waals surface area contributed by atoms with E-state index in [2.05, 4.69) is 290 Å². The van der Waals surface area contributed by atoms with Crippen LogP contribution in [0, 0.1) is 13.8 Å². The van der Waals surface area contributed by atoms with E-state index in [0.29, 0.717) is 0 Å². The number of aromatic nitrogens is 1. The second-order valence-corrected chi connectivity index (χ2v) is 19.7. The molecule has 1 aliphatic carbocycles. The van der Waals surface area contributed by atoms with Gasteiger partial charge in [0.05, 0.1) is 16.4 Å². The number of anilines is 3. The third-order valence-corrected chi connectivity index (χ3v) is 15.6. The van der Waals surface area contributed by atoms with Crippen molar-refractivity contribution in [2.45, 2.75) is 19.3 Å². The number of rotatable bonds is 8. The molecule has 2 nitrogen and oxygen atoms in total. The van der Waals surface area contributed by atoms with Gasteiger partial charge in [-0.05, 0) is 152 Å². The second-order valence-electron chi connectivity index (χ2n) is 19.7. The lowest BCUT2D eigenvalue weighted by Crippen LogP contribution is -2.28. The third-order valence-electron chi connectivity index (χ3n) is 15.6. The molecule has 0 radical (unpaired) electrons. The fourth-order valence-electron chi connectivity index (χ4n) is 12.3. The van der Waals surface area contributed by atoms with Gasteiger partial charge in [-0.3, -0.25) is 0 Å². The molecule has 0 N–H and O–H groups in total. The third kappa shape index (κ3) is 6.64. The lowest BCUT2D eigenvalue weighted by molar-refractivity contribution is 0.767. The van der Waals surface area contributed by atoms with Gasteiger partial charge in [-0.1, -0.05) is 217 Å². The van der Waals surface area contributed by atoms with Crippen LogP contribution in [0.15, 0.2) is 267 Å². The van der Waals surface area contributed by atoms with E-state index in [1.54, 1.807) is 0 Å². The standard InChI is InChI=1S/C71H50N2/c1-47-32-37-53(38-33-47)72(54-39-34-48(2)35-40-54)55-24-17-19-50(44-55)57-25-11-12-27-59(57)64-46-68-70(63-30-14-13-28-60(63)64)69-58-26-10-9-18-49(58)36-43-67(69)73(68)56-41-42-62-61-29-15-16-31-65(61)71(66(62)45-56,51-20-5-3-6-21-51)52-22-7-4-8-23-52/h3-46H,1-2H3. The Bertz CT molecular complexity index is 4170. The summed E-state index contributed by atoms with van der Waals surface area (Å²) in [7, 11) is 0. The molecule has 0 saturated heterocycles. The van der Waals surface area contributed by atoms with Crippen molar-refractivity contribution < 1.29 is 0 Å². The average molecular weight is 931 g/mol. The number of benzene rings is 12. The Morgan fingerprint density at radius 1 is 0.329 bits per heavy atom. The van der Waals surface area contributed by atoms with Crippen LogP contribution >= 0.6 is 0 Å². The molecule has 0 bridgehead atoms. The maximum atomic E-state index is 2.56. The minimum atomic E-state index is -0.532. The molecule has 0 saturated carbocycles. The molecule has 0 amide bonds. The number of hydrogen-bond donors (Lipinski definition) is 0. The van der Waals surface area contributed by atoms with Gasteiger partial charge in [-0.2, -0.15) is 0 Å². The summed E-state index contributed by atoms with van der Waals surface area (Å²) in [4.78, 5) is 2.37. The summed E-state index contributed by atoms with van der Waals surface area (Å²) in [5, 5.41) is 7.48. The van der Waals surface area contributed by atoms with E-state index >= 15 is 0 Å². The lowest BCUT2D eigenvalue weighted by atomic mass is 9.67. The molecule has 73 heavy (non-hydrogen) atoms. The van der Waals surface area contributed by atoms with E-state index in [0.717, 1.165) is 28.3 Å². The number of fused-ring (bicyclic) bond motifs is 10. The quantitative estimate of drug-likeness (QED) is 0.147. The minimum Gasteiger partial charge on any atom is -0.310 e. The van der Waals surface area contributed by atoms with Gasteiger partial charge in [0.2, 0.25) is 0 Å². The van der Waals surface area contributed by atoms with Crippen molar-refractivity contribution in [2.24, 2.45) is 0 Å². The highest BCUT2D eigenvalue weighted by Gasteiger charge is 2.46. The molecular formula is C71H50N2. The van der Waals surface area contributed by atoms with Crippen LogP contribution in [0.2, 0.25) is 0 Å². The van der Waals surface area contributed by atoms with Crippen molar-refractivity contribution >= 4 is 60.4 Å². The van der Waals surface area contributed by atoms with Crippen LogP contribution in [0.1, 0.15) is 33.4 Å². The van der Waals surface area contributed by atoms with E-state index in [1.807, 2.05) is 0 Å². The van der Waals surface area contributed by atoms with Gasteiger partial charge in [-0.25, -0.2) is 0 Å². The van der Waals surface area contributed by atoms with E-state index in [1.165, 1.54) is 105 Å². The summed E-state index contributed by atoms with van der Waals surface area (Å²) in [6.45, 7) is 4.29. The number of hydrogen-bond acceptors (Lipinski definition) is 1. The molecule has 1 aliphatic rings. The molecule has 0 fully saturated rings. The maximum absolute atomic E-state index is 2.56. The van der Waals surface area contributed by atoms with Crippen molar-refractivity contribution in [1.29, 1.82) is 0 Å². The lowest BCUT2D eigenvalue weighted by Gasteiger charge is -2.34. The summed E-state index contributed by atoms with van der Waals surface area (Å²) in [6.07, 6.45) is 0. The summed E-state index contributed by atoms with van der Waals surface area (Å²) in [5.74, 6) is 0. The molecule has 1 aromatic heterocycles. The van der Waals surface area contributed by atoms with E-state index in [9.17, 15) is 0 Å². The first-order valence-corrected chi connectivity index (χ1v) is 25.4. The first-order valence-electron chi connectivity index (χ1n) is 25.4. The van der Waals surface area contributed by atoms with Gasteiger partial charge in [0.25, 0.3) is 0 Å². The molecule has 2 heteroatoms. The van der Waals surface area contributed by atoms with Gasteiger partial charge in [0, 0.05) is 33.5 Å². The highest BCUT2D eigenvalue weighted by atomic mass is 15.1. The van der Waals surface area contributed by atoms with Gasteiger partial charge in [0.15, 0.2) is 0 Å². The van der Waals surface area contributed by atoms with Crippen molar-refractivity contribution in [2.75, 3.05) is 4.90 Å². The highest BCUT2D eigenvalue weighted by molar-refractivity contribution is 6.30. The predicted octanol–water partition coefficient (Wildman–Crippen LogP) is 18.9. The minimum absolute atomic E-state index is 0.532. The second kappa shape index (κ2) is 17.0. The number of nitrogens with zero attached hydrogens (tertiary/aromatic N) is 2. The zero-order chi connectivity index (χ0) is 48.6. The van der Waals surface area contributed by atoms with Crippen LogP contribution in [0.4, 0.5) is 17.1 Å². The Hall–Kier alpha value is -9.24. The Balaban J connectivity index is 1.03. The van der Waals surface area contributed by atoms with Crippen LogP contribution < -0.4 is 4.90 Å². The van der Waals surface area contributed by atoms with E-state index in [4.69, 9.17) is 0 Å². The molecule has 1 heterocycles. The first kappa shape index (κ1) is 42.6. The van der Waals surface area contributed by atoms with Crippen LogP contribution in [0.25, 0.3) is 82.4 Å². The van der Waals surface area contributed by atoms with Gasteiger partial charge in [-0.15, -0.1) is 0 Å². The van der Waals surface area contributed by atoms with Crippen molar-refractivity contribution in [3.8, 4) is 39.1 Å². The zero-order valence-corrected chi connectivity index (χ0v) is 40.8. The zero-order valence-electron chi connectivity index (χ0n) is 40.8. The van der Waals surface area contributed by atoms with Crippen molar-refractivity contribution in [3.05, 3.63) is 300 Å². The smallest absolute Gasteiger partial charge is 0.0714 e. The Kier molecular flexibility index (Phi) is 9.91. The monoisotopic (exact) mass is 930 g/mol. The molecule has 12 aromatic carbocycles. The topological polar surface area (TPSA) is 8.17 Å². The van der Waals surface area contributed by atoms with Crippen LogP contribution in [0.3, 0.4) is 0 Å². The van der Waals surface area contributed by atoms with Gasteiger partial charge >= 0.3 is 0 Å². The number of aryl methyl sites for hydroxylation is 2. The van der Waals surface area contributed by atoms with Crippen LogP contribution in [0.5, 0.6) is 0 Å². The van der Waals surface area contributed by atoms with Crippen molar-refractivity contribution in [1.82, 2.24) is 4.57 Å². The van der Waals surface area contributed by atoms with Gasteiger partial charge < -0.3 is 9.47 Å². The first-order chi connectivity index (χ1) is 36.0. The summed E-state index contributed by atoms with van der Waals surface area (Å²) in [6, 6.07) is 99.4. The summed E-state index contributed by atoms with van der Waals surface area (Å²) < 4.78 is 2.56. The highest BCUT2D eigenvalue weighted by Crippen LogP contribution is 2.57. The van der Waals surface area contributed by atoms with E-state index < -0.39 is 5.41 Å². The van der Waals surface area contributed by atoms with Crippen molar-refractivity contribution in [3.63, 3.8) is 0 Å². The molecular weight excluding hydrogens is 881 g/mol. The average Bonchev–Trinajstić information content (AvgIpc) is 3.95.